The number of rotatable bonds is 9. The highest BCUT2D eigenvalue weighted by Crippen LogP contribution is 2.31. The average molecular weight is 517 g/mol. The van der Waals surface area contributed by atoms with Crippen molar-refractivity contribution in [3.8, 4) is 0 Å². The predicted octanol–water partition coefficient (Wildman–Crippen LogP) is 4.70. The highest BCUT2D eigenvalue weighted by Gasteiger charge is 2.29. The first-order chi connectivity index (χ1) is 18.4. The van der Waals surface area contributed by atoms with Crippen LogP contribution in [0.1, 0.15) is 24.1 Å². The fraction of sp³-hybridized carbons (Fsp3) is 0.357. The zero-order valence-electron chi connectivity index (χ0n) is 21.7. The Morgan fingerprint density at radius 3 is 2.50 bits per heavy atom. The summed E-state index contributed by atoms with van der Waals surface area (Å²) >= 11 is 0. The molecule has 2 heterocycles. The molecule has 1 saturated heterocycles. The molecule has 38 heavy (non-hydrogen) atoms. The summed E-state index contributed by atoms with van der Waals surface area (Å²) in [5.41, 5.74) is 4.10. The Morgan fingerprint density at radius 2 is 1.79 bits per heavy atom. The summed E-state index contributed by atoms with van der Waals surface area (Å²) < 4.78 is 15.0. The van der Waals surface area contributed by atoms with Crippen LogP contribution in [0.25, 0.3) is 0 Å². The van der Waals surface area contributed by atoms with Crippen LogP contribution in [0.5, 0.6) is 0 Å². The van der Waals surface area contributed by atoms with Crippen molar-refractivity contribution in [3.63, 3.8) is 0 Å². The van der Waals surface area contributed by atoms with E-state index in [4.69, 9.17) is 5.41 Å². The van der Waals surface area contributed by atoms with E-state index in [-0.39, 0.29) is 17.6 Å². The first-order valence-electron chi connectivity index (χ1n) is 12.9. The van der Waals surface area contributed by atoms with Crippen LogP contribution >= 0.6 is 0 Å². The SMILES string of the molecule is Cc1nc(Nc2ccc(N3CCN(C)CC3)c(F)c2)nc(Nc2cccc(NC(=O)C3CC3)c2)c1CC=N. The fourth-order valence-corrected chi connectivity index (χ4v) is 4.52. The van der Waals surface area contributed by atoms with Gasteiger partial charge in [0.1, 0.15) is 11.6 Å². The Bertz CT molecular complexity index is 1330. The highest BCUT2D eigenvalue weighted by molar-refractivity contribution is 5.94. The number of benzene rings is 2. The van der Waals surface area contributed by atoms with Crippen molar-refractivity contribution in [3.05, 3.63) is 59.5 Å². The molecule has 0 radical (unpaired) electrons. The number of aromatic nitrogens is 2. The second kappa shape index (κ2) is 11.1. The van der Waals surface area contributed by atoms with Crippen LogP contribution < -0.4 is 20.9 Å². The maximum Gasteiger partial charge on any atom is 0.229 e. The number of carbonyl (C=O) groups is 1. The fourth-order valence-electron chi connectivity index (χ4n) is 4.52. The number of hydrogen-bond acceptors (Lipinski definition) is 8. The van der Waals surface area contributed by atoms with Gasteiger partial charge in [-0.25, -0.2) is 9.37 Å². The average Bonchev–Trinajstić information content (AvgIpc) is 3.73. The first-order valence-corrected chi connectivity index (χ1v) is 12.9. The number of nitrogens with one attached hydrogen (secondary N) is 4. The van der Waals surface area contributed by atoms with Crippen molar-refractivity contribution in [2.75, 3.05) is 54.1 Å². The lowest BCUT2D eigenvalue weighted by Gasteiger charge is -2.34. The second-order valence-corrected chi connectivity index (χ2v) is 9.92. The molecule has 10 heteroatoms. The zero-order valence-corrected chi connectivity index (χ0v) is 21.7. The van der Waals surface area contributed by atoms with Gasteiger partial charge >= 0.3 is 0 Å². The summed E-state index contributed by atoms with van der Waals surface area (Å²) in [5.74, 6) is 0.735. The van der Waals surface area contributed by atoms with Gasteiger partial charge in [0, 0.05) is 66.8 Å². The largest absolute Gasteiger partial charge is 0.367 e. The molecule has 1 aliphatic heterocycles. The minimum absolute atomic E-state index is 0.0434. The first kappa shape index (κ1) is 25.6. The van der Waals surface area contributed by atoms with Crippen molar-refractivity contribution in [1.82, 2.24) is 14.9 Å². The zero-order chi connectivity index (χ0) is 26.6. The highest BCUT2D eigenvalue weighted by atomic mass is 19.1. The molecule has 198 valence electrons. The van der Waals surface area contributed by atoms with Crippen LogP contribution in [0.4, 0.5) is 38.9 Å². The summed E-state index contributed by atoms with van der Waals surface area (Å²) in [6, 6.07) is 12.5. The van der Waals surface area contributed by atoms with Crippen LogP contribution in [0.3, 0.4) is 0 Å². The Kier molecular flexibility index (Phi) is 7.50. The number of likely N-dealkylation sites (N-methyl/N-ethyl adjacent to an activating group) is 1. The Hall–Kier alpha value is -4.05. The molecular formula is C28H33FN8O. The van der Waals surface area contributed by atoms with Gasteiger partial charge in [0.25, 0.3) is 0 Å². The van der Waals surface area contributed by atoms with E-state index in [0.717, 1.165) is 50.3 Å². The molecule has 2 aliphatic rings. The molecule has 5 rings (SSSR count). The molecule has 1 amide bonds. The van der Waals surface area contributed by atoms with Gasteiger partial charge in [0.05, 0.1) is 5.69 Å². The van der Waals surface area contributed by atoms with Crippen molar-refractivity contribution in [2.24, 2.45) is 5.92 Å². The van der Waals surface area contributed by atoms with E-state index in [0.29, 0.717) is 40.9 Å². The van der Waals surface area contributed by atoms with Gasteiger partial charge in [-0.1, -0.05) is 6.07 Å². The summed E-state index contributed by atoms with van der Waals surface area (Å²) in [5, 5.41) is 17.0. The lowest BCUT2D eigenvalue weighted by Crippen LogP contribution is -2.44. The Balaban J connectivity index is 1.35. The molecule has 0 unspecified atom stereocenters. The third-order valence-corrected chi connectivity index (χ3v) is 6.91. The van der Waals surface area contributed by atoms with Crippen LogP contribution in [-0.4, -0.2) is 60.2 Å². The second-order valence-electron chi connectivity index (χ2n) is 9.92. The smallest absolute Gasteiger partial charge is 0.229 e. The summed E-state index contributed by atoms with van der Waals surface area (Å²) in [6.07, 6.45) is 3.55. The third kappa shape index (κ3) is 6.08. The van der Waals surface area contributed by atoms with Gasteiger partial charge < -0.3 is 31.2 Å². The molecule has 9 nitrogen and oxygen atoms in total. The number of halogens is 1. The number of nitrogens with zero attached hydrogens (tertiary/aromatic N) is 4. The molecule has 0 spiro atoms. The molecule has 1 aliphatic carbocycles. The van der Waals surface area contributed by atoms with Crippen molar-refractivity contribution in [1.29, 1.82) is 5.41 Å². The van der Waals surface area contributed by atoms with E-state index < -0.39 is 0 Å². The van der Waals surface area contributed by atoms with Crippen molar-refractivity contribution >= 4 is 46.6 Å². The van der Waals surface area contributed by atoms with Crippen molar-refractivity contribution < 1.29 is 9.18 Å². The van der Waals surface area contributed by atoms with Crippen LogP contribution in [0.15, 0.2) is 42.5 Å². The number of carbonyl (C=O) groups excluding carboxylic acids is 1. The van der Waals surface area contributed by atoms with E-state index >= 15 is 4.39 Å². The molecule has 2 aromatic carbocycles. The quantitative estimate of drug-likeness (QED) is 0.305. The van der Waals surface area contributed by atoms with Gasteiger partial charge in [-0.05, 0) is 69.4 Å². The third-order valence-electron chi connectivity index (χ3n) is 6.91. The molecular weight excluding hydrogens is 483 g/mol. The molecule has 0 atom stereocenters. The number of hydrogen-bond donors (Lipinski definition) is 4. The summed E-state index contributed by atoms with van der Waals surface area (Å²) in [6.45, 7) is 5.25. The summed E-state index contributed by atoms with van der Waals surface area (Å²) in [4.78, 5) is 25.7. The normalized spacial score (nSPS) is 15.7. The lowest BCUT2D eigenvalue weighted by atomic mass is 10.1. The molecule has 1 aromatic heterocycles. The van der Waals surface area contributed by atoms with Gasteiger partial charge in [-0.15, -0.1) is 0 Å². The topological polar surface area (TPSA) is 109 Å². The molecule has 1 saturated carbocycles. The van der Waals surface area contributed by atoms with E-state index in [1.807, 2.05) is 37.3 Å². The molecule has 0 bridgehead atoms. The van der Waals surface area contributed by atoms with Gasteiger partial charge in [-0.3, -0.25) is 4.79 Å². The van der Waals surface area contributed by atoms with Gasteiger partial charge in [0.2, 0.25) is 11.9 Å². The predicted molar refractivity (Wildman–Crippen MR) is 150 cm³/mol. The number of anilines is 6. The minimum atomic E-state index is -0.292. The van der Waals surface area contributed by atoms with Gasteiger partial charge in [-0.2, -0.15) is 4.98 Å². The molecule has 3 aromatic rings. The molecule has 2 fully saturated rings. The van der Waals surface area contributed by atoms with E-state index in [1.54, 1.807) is 6.07 Å². The van der Waals surface area contributed by atoms with Crippen LogP contribution in [0, 0.1) is 24.1 Å². The maximum atomic E-state index is 15.0. The van der Waals surface area contributed by atoms with Gasteiger partial charge in [0.15, 0.2) is 0 Å². The van der Waals surface area contributed by atoms with E-state index in [2.05, 4.69) is 42.8 Å². The summed E-state index contributed by atoms with van der Waals surface area (Å²) in [7, 11) is 2.07. The van der Waals surface area contributed by atoms with Crippen molar-refractivity contribution in [2.45, 2.75) is 26.2 Å². The van der Waals surface area contributed by atoms with E-state index in [1.165, 1.54) is 12.3 Å². The monoisotopic (exact) mass is 516 g/mol. The molecule has 4 N–H and O–H groups in total. The standard InChI is InChI=1S/C28H33FN8O/c1-18-23(10-11-30)26(32-20-4-3-5-21(16-20)33-27(38)19-6-7-19)35-28(31-18)34-22-8-9-25(24(29)17-22)37-14-12-36(2)13-15-37/h3-5,8-9,11,16-17,19,30H,6-7,10,12-15H2,1-2H3,(H,33,38)(H2,31,32,34,35). The lowest BCUT2D eigenvalue weighted by molar-refractivity contribution is -0.117. The van der Waals surface area contributed by atoms with E-state index in [9.17, 15) is 4.79 Å². The van der Waals surface area contributed by atoms with Crippen LogP contribution in [-0.2, 0) is 11.2 Å². The number of aryl methyl sites for hydroxylation is 1. The minimum Gasteiger partial charge on any atom is -0.367 e. The number of piperazine rings is 1. The maximum absolute atomic E-state index is 15.0. The Labute approximate surface area is 222 Å². The Morgan fingerprint density at radius 1 is 1.05 bits per heavy atom. The number of amides is 1. The van der Waals surface area contributed by atoms with Crippen LogP contribution in [0.2, 0.25) is 0 Å².